The van der Waals surface area contributed by atoms with Crippen LogP contribution >= 0.6 is 11.6 Å². The fourth-order valence-electron chi connectivity index (χ4n) is 1.68. The Labute approximate surface area is 102 Å². The number of carbonyl (C=O) groups is 1. The second kappa shape index (κ2) is 5.90. The molecule has 0 fully saturated rings. The first-order valence-electron chi connectivity index (χ1n) is 5.38. The van der Waals surface area contributed by atoms with E-state index < -0.39 is 0 Å². The molecule has 0 amide bonds. The first-order valence-corrected chi connectivity index (χ1v) is 5.75. The molecule has 0 bridgehead atoms. The topological polar surface area (TPSA) is 26.3 Å². The van der Waals surface area contributed by atoms with E-state index in [1.807, 2.05) is 12.1 Å². The smallest absolute Gasteiger partial charge is 0.313 e. The summed E-state index contributed by atoms with van der Waals surface area (Å²) in [6, 6.07) is 7.36. The fourth-order valence-corrected chi connectivity index (χ4v) is 1.80. The Hall–Kier alpha value is -1.02. The molecule has 0 saturated carbocycles. The molecule has 0 aliphatic heterocycles. The summed E-state index contributed by atoms with van der Waals surface area (Å²) in [5, 5.41) is 0.678. The molecule has 0 aliphatic rings. The molecule has 0 saturated heterocycles. The van der Waals surface area contributed by atoms with Gasteiger partial charge in [-0.05, 0) is 30.0 Å². The van der Waals surface area contributed by atoms with Gasteiger partial charge in [-0.15, -0.1) is 0 Å². The lowest BCUT2D eigenvalue weighted by Crippen LogP contribution is -2.16. The minimum atomic E-state index is -0.192. The van der Waals surface area contributed by atoms with E-state index in [0.717, 1.165) is 12.0 Å². The number of esters is 1. The van der Waals surface area contributed by atoms with Gasteiger partial charge in [0.05, 0.1) is 13.0 Å². The summed E-state index contributed by atoms with van der Waals surface area (Å²) >= 11 is 5.82. The zero-order valence-corrected chi connectivity index (χ0v) is 10.6. The number of methoxy groups -OCH3 is 1. The van der Waals surface area contributed by atoms with E-state index in [2.05, 4.69) is 13.8 Å². The molecule has 2 nitrogen and oxygen atoms in total. The van der Waals surface area contributed by atoms with Gasteiger partial charge in [-0.25, -0.2) is 0 Å². The molecule has 0 spiro atoms. The molecule has 0 heterocycles. The molecule has 0 radical (unpaired) electrons. The summed E-state index contributed by atoms with van der Waals surface area (Å²) in [6.45, 7) is 4.18. The van der Waals surface area contributed by atoms with Gasteiger partial charge in [0.25, 0.3) is 0 Å². The van der Waals surface area contributed by atoms with Gasteiger partial charge in [0.15, 0.2) is 0 Å². The van der Waals surface area contributed by atoms with Gasteiger partial charge in [-0.3, -0.25) is 4.79 Å². The Balaban J connectivity index is 2.91. The normalized spacial score (nSPS) is 12.6. The van der Waals surface area contributed by atoms with E-state index in [-0.39, 0.29) is 11.9 Å². The average molecular weight is 241 g/mol. The number of hydrogen-bond acceptors (Lipinski definition) is 2. The SMILES string of the molecule is COC(=O)C(CC(C)C)c1ccc(Cl)cc1. The van der Waals surface area contributed by atoms with Gasteiger partial charge in [0, 0.05) is 5.02 Å². The zero-order chi connectivity index (χ0) is 12.1. The average Bonchev–Trinajstić information content (AvgIpc) is 2.26. The Kier molecular flexibility index (Phi) is 4.81. The number of carbonyl (C=O) groups excluding carboxylic acids is 1. The van der Waals surface area contributed by atoms with Gasteiger partial charge < -0.3 is 4.74 Å². The highest BCUT2D eigenvalue weighted by Gasteiger charge is 2.22. The lowest BCUT2D eigenvalue weighted by atomic mass is 9.90. The number of benzene rings is 1. The van der Waals surface area contributed by atoms with Gasteiger partial charge in [0.2, 0.25) is 0 Å². The first kappa shape index (κ1) is 13.0. The molecule has 1 rings (SSSR count). The van der Waals surface area contributed by atoms with Crippen LogP contribution in [0.4, 0.5) is 0 Å². The molecule has 0 aromatic heterocycles. The second-order valence-electron chi connectivity index (χ2n) is 4.26. The van der Waals surface area contributed by atoms with Gasteiger partial charge in [-0.2, -0.15) is 0 Å². The number of rotatable bonds is 4. The number of halogens is 1. The van der Waals surface area contributed by atoms with Gasteiger partial charge in [0.1, 0.15) is 0 Å². The van der Waals surface area contributed by atoms with Gasteiger partial charge in [-0.1, -0.05) is 37.6 Å². The highest BCUT2D eigenvalue weighted by Crippen LogP contribution is 2.26. The quantitative estimate of drug-likeness (QED) is 0.751. The summed E-state index contributed by atoms with van der Waals surface area (Å²) in [6.07, 6.45) is 0.786. The Morgan fingerprint density at radius 3 is 2.31 bits per heavy atom. The van der Waals surface area contributed by atoms with E-state index in [1.165, 1.54) is 7.11 Å². The van der Waals surface area contributed by atoms with E-state index in [0.29, 0.717) is 10.9 Å². The molecular formula is C13H17ClO2. The molecule has 16 heavy (non-hydrogen) atoms. The second-order valence-corrected chi connectivity index (χ2v) is 4.69. The van der Waals surface area contributed by atoms with Crippen LogP contribution in [0.25, 0.3) is 0 Å². The summed E-state index contributed by atoms with van der Waals surface area (Å²) in [7, 11) is 1.42. The van der Waals surface area contributed by atoms with Crippen LogP contribution in [-0.2, 0) is 9.53 Å². The van der Waals surface area contributed by atoms with Crippen LogP contribution in [0.15, 0.2) is 24.3 Å². The molecule has 3 heteroatoms. The van der Waals surface area contributed by atoms with Crippen LogP contribution in [0.5, 0.6) is 0 Å². The summed E-state index contributed by atoms with van der Waals surface area (Å²) in [5.74, 6) is 0.0677. The van der Waals surface area contributed by atoms with E-state index in [4.69, 9.17) is 16.3 Å². The number of ether oxygens (including phenoxy) is 1. The molecule has 1 aromatic rings. The van der Waals surface area contributed by atoms with Gasteiger partial charge >= 0.3 is 5.97 Å². The Morgan fingerprint density at radius 1 is 1.31 bits per heavy atom. The largest absolute Gasteiger partial charge is 0.469 e. The van der Waals surface area contributed by atoms with Crippen molar-refractivity contribution in [2.24, 2.45) is 5.92 Å². The minimum absolute atomic E-state index is 0.184. The van der Waals surface area contributed by atoms with Crippen LogP contribution in [0.2, 0.25) is 5.02 Å². The van der Waals surface area contributed by atoms with Crippen LogP contribution in [0, 0.1) is 5.92 Å². The van der Waals surface area contributed by atoms with Crippen molar-refractivity contribution >= 4 is 17.6 Å². The van der Waals surface area contributed by atoms with Crippen molar-refractivity contribution in [2.75, 3.05) is 7.11 Å². The van der Waals surface area contributed by atoms with E-state index in [1.54, 1.807) is 12.1 Å². The summed E-state index contributed by atoms with van der Waals surface area (Å²) in [5.41, 5.74) is 0.963. The third-order valence-electron chi connectivity index (χ3n) is 2.47. The van der Waals surface area contributed by atoms with Crippen molar-refractivity contribution in [3.8, 4) is 0 Å². The molecule has 0 N–H and O–H groups in total. The number of hydrogen-bond donors (Lipinski definition) is 0. The predicted octanol–water partition coefficient (Wildman–Crippen LogP) is 3.64. The maximum absolute atomic E-state index is 11.7. The van der Waals surface area contributed by atoms with Crippen LogP contribution in [0.3, 0.4) is 0 Å². The summed E-state index contributed by atoms with van der Waals surface area (Å²) in [4.78, 5) is 11.7. The third kappa shape index (κ3) is 3.53. The van der Waals surface area contributed by atoms with Crippen molar-refractivity contribution in [1.29, 1.82) is 0 Å². The van der Waals surface area contributed by atoms with Crippen LogP contribution < -0.4 is 0 Å². The zero-order valence-electron chi connectivity index (χ0n) is 9.87. The van der Waals surface area contributed by atoms with Crippen molar-refractivity contribution in [1.82, 2.24) is 0 Å². The highest BCUT2D eigenvalue weighted by atomic mass is 35.5. The molecular weight excluding hydrogens is 224 g/mol. The lowest BCUT2D eigenvalue weighted by Gasteiger charge is -2.17. The van der Waals surface area contributed by atoms with Crippen molar-refractivity contribution in [2.45, 2.75) is 26.2 Å². The monoisotopic (exact) mass is 240 g/mol. The first-order chi connectivity index (χ1) is 7.54. The van der Waals surface area contributed by atoms with Crippen LogP contribution in [-0.4, -0.2) is 13.1 Å². The van der Waals surface area contributed by atoms with Crippen molar-refractivity contribution in [3.63, 3.8) is 0 Å². The van der Waals surface area contributed by atoms with Crippen molar-refractivity contribution in [3.05, 3.63) is 34.9 Å². The maximum Gasteiger partial charge on any atom is 0.313 e. The minimum Gasteiger partial charge on any atom is -0.469 e. The van der Waals surface area contributed by atoms with Crippen LogP contribution in [0.1, 0.15) is 31.7 Å². The standard InChI is InChI=1S/C13H17ClO2/c1-9(2)8-12(13(15)16-3)10-4-6-11(14)7-5-10/h4-7,9,12H,8H2,1-3H3. The van der Waals surface area contributed by atoms with E-state index in [9.17, 15) is 4.79 Å². The van der Waals surface area contributed by atoms with Crippen molar-refractivity contribution < 1.29 is 9.53 Å². The fraction of sp³-hybridized carbons (Fsp3) is 0.462. The predicted molar refractivity (Wildman–Crippen MR) is 65.7 cm³/mol. The lowest BCUT2D eigenvalue weighted by molar-refractivity contribution is -0.142. The molecule has 0 aliphatic carbocycles. The molecule has 1 unspecified atom stereocenters. The maximum atomic E-state index is 11.7. The molecule has 1 atom stereocenters. The highest BCUT2D eigenvalue weighted by molar-refractivity contribution is 6.30. The summed E-state index contributed by atoms with van der Waals surface area (Å²) < 4.78 is 4.83. The Morgan fingerprint density at radius 2 is 1.88 bits per heavy atom. The molecule has 88 valence electrons. The molecule has 1 aromatic carbocycles. The Bertz CT molecular complexity index is 343. The van der Waals surface area contributed by atoms with E-state index >= 15 is 0 Å². The third-order valence-corrected chi connectivity index (χ3v) is 2.72.